The summed E-state index contributed by atoms with van der Waals surface area (Å²) in [6, 6.07) is 0. The maximum atomic E-state index is 10.7. The molecule has 0 aromatic rings. The van der Waals surface area contributed by atoms with Crippen molar-refractivity contribution in [3.8, 4) is 0 Å². The van der Waals surface area contributed by atoms with E-state index in [9.17, 15) is 19.9 Å². The predicted octanol–water partition coefficient (Wildman–Crippen LogP) is -2.21. The fourth-order valence-electron chi connectivity index (χ4n) is 1.92. The van der Waals surface area contributed by atoms with E-state index in [1.54, 1.807) is 0 Å². The van der Waals surface area contributed by atoms with Gasteiger partial charge in [0.15, 0.2) is 0 Å². The number of hydrogen-bond donors (Lipinski definition) is 6. The van der Waals surface area contributed by atoms with E-state index in [4.69, 9.17) is 19.6 Å². The fraction of sp³-hybridized carbons (Fsp3) is 1.00. The second kappa shape index (κ2) is 6.40. The van der Waals surface area contributed by atoms with Crippen LogP contribution in [0.5, 0.6) is 0 Å². The van der Waals surface area contributed by atoms with Gasteiger partial charge in [-0.25, -0.2) is 0 Å². The summed E-state index contributed by atoms with van der Waals surface area (Å²) in [6.45, 7) is -0.514. The molecule has 1 heterocycles. The Hall–Kier alpha value is -0.0500. The van der Waals surface area contributed by atoms with Crippen LogP contribution >= 0.6 is 7.60 Å². The van der Waals surface area contributed by atoms with E-state index in [0.717, 1.165) is 0 Å². The SMILES string of the molecule is O=P(O)(O)CCC[C@H]1O[C@H](CO)[C@H](O)[C@H](O)[C@H]1O. The number of aliphatic hydroxyl groups is 4. The summed E-state index contributed by atoms with van der Waals surface area (Å²) < 4.78 is 15.8. The maximum Gasteiger partial charge on any atom is 0.325 e. The quantitative estimate of drug-likeness (QED) is 0.312. The normalized spacial score (nSPS) is 37.8. The lowest BCUT2D eigenvalue weighted by molar-refractivity contribution is -0.230. The standard InChI is InChI=1S/C9H19O8P/c10-4-6-8(12)9(13)7(11)5(17-6)2-1-3-18(14,15)16/h5-13H,1-4H2,(H2,14,15,16)/t5-,6-,7+,8+,9-/m1/s1. The fourth-order valence-corrected chi connectivity index (χ4v) is 2.51. The summed E-state index contributed by atoms with van der Waals surface area (Å²) in [5.74, 6) is 0. The molecule has 0 aliphatic carbocycles. The summed E-state index contributed by atoms with van der Waals surface area (Å²) in [6.07, 6.45) is -6.18. The largest absolute Gasteiger partial charge is 0.394 e. The lowest BCUT2D eigenvalue weighted by Gasteiger charge is -2.40. The van der Waals surface area contributed by atoms with Gasteiger partial charge in [-0.05, 0) is 12.8 Å². The molecule has 18 heavy (non-hydrogen) atoms. The molecule has 1 aliphatic rings. The van der Waals surface area contributed by atoms with Crippen molar-refractivity contribution in [3.63, 3.8) is 0 Å². The van der Waals surface area contributed by atoms with Crippen LogP contribution in [0.25, 0.3) is 0 Å². The van der Waals surface area contributed by atoms with E-state index in [1.165, 1.54) is 0 Å². The van der Waals surface area contributed by atoms with Crippen molar-refractivity contribution in [2.24, 2.45) is 0 Å². The van der Waals surface area contributed by atoms with E-state index in [0.29, 0.717) is 0 Å². The summed E-state index contributed by atoms with van der Waals surface area (Å²) >= 11 is 0. The van der Waals surface area contributed by atoms with Crippen LogP contribution in [0.1, 0.15) is 12.8 Å². The highest BCUT2D eigenvalue weighted by molar-refractivity contribution is 7.51. The van der Waals surface area contributed by atoms with Gasteiger partial charge in [0, 0.05) is 6.16 Å². The second-order valence-corrected chi connectivity index (χ2v) is 6.17. The highest BCUT2D eigenvalue weighted by Crippen LogP contribution is 2.36. The maximum absolute atomic E-state index is 10.7. The van der Waals surface area contributed by atoms with Gasteiger partial charge in [0.05, 0.1) is 12.7 Å². The molecule has 5 atom stereocenters. The molecule has 1 aliphatic heterocycles. The monoisotopic (exact) mass is 286 g/mol. The molecule has 1 rings (SSSR count). The van der Waals surface area contributed by atoms with Crippen molar-refractivity contribution in [2.45, 2.75) is 43.4 Å². The molecule has 8 nitrogen and oxygen atoms in total. The lowest BCUT2D eigenvalue weighted by Crippen LogP contribution is -2.58. The average molecular weight is 286 g/mol. The van der Waals surface area contributed by atoms with Crippen LogP contribution in [0.15, 0.2) is 0 Å². The Morgan fingerprint density at radius 3 is 2.06 bits per heavy atom. The smallest absolute Gasteiger partial charge is 0.325 e. The van der Waals surface area contributed by atoms with Gasteiger partial charge in [0.2, 0.25) is 0 Å². The van der Waals surface area contributed by atoms with Gasteiger partial charge in [0.1, 0.15) is 24.4 Å². The zero-order valence-electron chi connectivity index (χ0n) is 9.66. The Kier molecular flexibility index (Phi) is 5.69. The summed E-state index contributed by atoms with van der Waals surface area (Å²) in [4.78, 5) is 17.4. The molecule has 0 aromatic heterocycles. The van der Waals surface area contributed by atoms with E-state index in [1.807, 2.05) is 0 Å². The van der Waals surface area contributed by atoms with Crippen LogP contribution in [-0.4, -0.2) is 73.5 Å². The molecule has 6 N–H and O–H groups in total. The number of hydrogen-bond acceptors (Lipinski definition) is 6. The molecule has 0 spiro atoms. The lowest BCUT2D eigenvalue weighted by atomic mass is 9.93. The first kappa shape index (κ1) is 16.0. The van der Waals surface area contributed by atoms with Crippen molar-refractivity contribution in [3.05, 3.63) is 0 Å². The number of aliphatic hydroxyl groups excluding tert-OH is 4. The number of ether oxygens (including phenoxy) is 1. The molecule has 1 saturated heterocycles. The molecule has 0 radical (unpaired) electrons. The van der Waals surface area contributed by atoms with Crippen LogP contribution in [0.3, 0.4) is 0 Å². The van der Waals surface area contributed by atoms with E-state index < -0.39 is 44.7 Å². The topological polar surface area (TPSA) is 148 Å². The molecule has 0 unspecified atom stereocenters. The zero-order valence-corrected chi connectivity index (χ0v) is 10.6. The minimum Gasteiger partial charge on any atom is -0.394 e. The Morgan fingerprint density at radius 2 is 1.56 bits per heavy atom. The second-order valence-electron chi connectivity index (χ2n) is 4.40. The Balaban J connectivity index is 2.52. The van der Waals surface area contributed by atoms with E-state index >= 15 is 0 Å². The summed E-state index contributed by atoms with van der Waals surface area (Å²) in [5, 5.41) is 37.6. The highest BCUT2D eigenvalue weighted by Gasteiger charge is 2.42. The van der Waals surface area contributed by atoms with Crippen molar-refractivity contribution in [2.75, 3.05) is 12.8 Å². The van der Waals surface area contributed by atoms with Gasteiger partial charge in [-0.15, -0.1) is 0 Å². The molecule has 0 saturated carbocycles. The van der Waals surface area contributed by atoms with Gasteiger partial charge in [-0.2, -0.15) is 0 Å². The Labute approximate surface area is 104 Å². The van der Waals surface area contributed by atoms with Gasteiger partial charge in [0.25, 0.3) is 0 Å². The third kappa shape index (κ3) is 4.25. The average Bonchev–Trinajstić information content (AvgIpc) is 2.27. The molecule has 0 aromatic carbocycles. The highest BCUT2D eigenvalue weighted by atomic mass is 31.2. The molecule has 108 valence electrons. The van der Waals surface area contributed by atoms with Gasteiger partial charge >= 0.3 is 7.60 Å². The van der Waals surface area contributed by atoms with Gasteiger partial charge in [-0.1, -0.05) is 0 Å². The van der Waals surface area contributed by atoms with Gasteiger partial charge in [-0.3, -0.25) is 4.57 Å². The minimum absolute atomic E-state index is 0.104. The van der Waals surface area contributed by atoms with Crippen LogP contribution in [0.4, 0.5) is 0 Å². The first-order valence-corrected chi connectivity index (χ1v) is 7.41. The van der Waals surface area contributed by atoms with Crippen molar-refractivity contribution in [1.29, 1.82) is 0 Å². The Morgan fingerprint density at radius 1 is 1.00 bits per heavy atom. The van der Waals surface area contributed by atoms with Crippen LogP contribution in [0, 0.1) is 0 Å². The van der Waals surface area contributed by atoms with Gasteiger partial charge < -0.3 is 34.9 Å². The third-order valence-corrected chi connectivity index (χ3v) is 3.83. The first-order chi connectivity index (χ1) is 8.26. The van der Waals surface area contributed by atoms with E-state index in [-0.39, 0.29) is 19.0 Å². The molecular weight excluding hydrogens is 267 g/mol. The van der Waals surface area contributed by atoms with Crippen molar-refractivity contribution in [1.82, 2.24) is 0 Å². The van der Waals surface area contributed by atoms with Crippen LogP contribution in [-0.2, 0) is 9.30 Å². The minimum atomic E-state index is -4.10. The molecule has 1 fully saturated rings. The molecule has 0 bridgehead atoms. The molecule has 9 heteroatoms. The first-order valence-electron chi connectivity index (χ1n) is 5.61. The Bertz CT molecular complexity index is 303. The van der Waals surface area contributed by atoms with Crippen molar-refractivity contribution < 1.29 is 39.5 Å². The molecule has 0 amide bonds. The zero-order chi connectivity index (χ0) is 13.9. The van der Waals surface area contributed by atoms with Crippen LogP contribution < -0.4 is 0 Å². The molecular formula is C9H19O8P. The third-order valence-electron chi connectivity index (χ3n) is 2.93. The number of rotatable bonds is 5. The van der Waals surface area contributed by atoms with Crippen LogP contribution in [0.2, 0.25) is 0 Å². The summed E-state index contributed by atoms with van der Waals surface area (Å²) in [5.41, 5.74) is 0. The predicted molar refractivity (Wildman–Crippen MR) is 59.9 cm³/mol. The van der Waals surface area contributed by atoms with Crippen molar-refractivity contribution >= 4 is 7.60 Å². The summed E-state index contributed by atoms with van der Waals surface area (Å²) in [7, 11) is -4.10. The van der Waals surface area contributed by atoms with E-state index in [2.05, 4.69) is 0 Å².